The van der Waals surface area contributed by atoms with Gasteiger partial charge in [-0.05, 0) is 25.7 Å². The summed E-state index contributed by atoms with van der Waals surface area (Å²) in [5.74, 6) is 4.98. The van der Waals surface area contributed by atoms with Crippen molar-refractivity contribution in [2.24, 2.45) is 5.92 Å². The highest BCUT2D eigenvalue weighted by Gasteiger charge is 2.27. The SMILES string of the molecule is CC#CC(=O)NC1CCCC1CO. The second-order valence-electron chi connectivity index (χ2n) is 3.33. The molecule has 0 aromatic rings. The first-order valence-electron chi connectivity index (χ1n) is 4.62. The van der Waals surface area contributed by atoms with E-state index in [-0.39, 0.29) is 24.5 Å². The number of carbonyl (C=O) groups excluding carboxylic acids is 1. The van der Waals surface area contributed by atoms with Gasteiger partial charge in [0, 0.05) is 18.6 Å². The summed E-state index contributed by atoms with van der Waals surface area (Å²) in [5.41, 5.74) is 0. The van der Waals surface area contributed by atoms with Crippen LogP contribution in [0.15, 0.2) is 0 Å². The topological polar surface area (TPSA) is 49.3 Å². The van der Waals surface area contributed by atoms with Gasteiger partial charge in [0.1, 0.15) is 0 Å². The summed E-state index contributed by atoms with van der Waals surface area (Å²) in [6.45, 7) is 1.79. The summed E-state index contributed by atoms with van der Waals surface area (Å²) in [4.78, 5) is 11.1. The highest BCUT2D eigenvalue weighted by molar-refractivity contribution is 5.93. The van der Waals surface area contributed by atoms with Crippen molar-refractivity contribution < 1.29 is 9.90 Å². The Bertz CT molecular complexity index is 239. The quantitative estimate of drug-likeness (QED) is 0.601. The molecule has 0 spiro atoms. The van der Waals surface area contributed by atoms with E-state index in [1.54, 1.807) is 6.92 Å². The van der Waals surface area contributed by atoms with E-state index in [1.807, 2.05) is 0 Å². The Morgan fingerprint density at radius 1 is 1.62 bits per heavy atom. The molecule has 0 aromatic carbocycles. The smallest absolute Gasteiger partial charge is 0.296 e. The molecule has 3 nitrogen and oxygen atoms in total. The van der Waals surface area contributed by atoms with Crippen molar-refractivity contribution in [3.63, 3.8) is 0 Å². The maximum atomic E-state index is 11.1. The first-order valence-corrected chi connectivity index (χ1v) is 4.62. The monoisotopic (exact) mass is 181 g/mol. The number of hydrogen-bond donors (Lipinski definition) is 2. The van der Waals surface area contributed by atoms with Crippen LogP contribution in [0.2, 0.25) is 0 Å². The predicted octanol–water partition coefficient (Wildman–Crippen LogP) is 0.287. The van der Waals surface area contributed by atoms with Gasteiger partial charge in [-0.25, -0.2) is 0 Å². The third-order valence-corrected chi connectivity index (χ3v) is 2.45. The molecule has 2 unspecified atom stereocenters. The van der Waals surface area contributed by atoms with E-state index in [0.717, 1.165) is 19.3 Å². The molecular formula is C10H15NO2. The van der Waals surface area contributed by atoms with Gasteiger partial charge in [-0.15, -0.1) is 0 Å². The Balaban J connectivity index is 2.42. The largest absolute Gasteiger partial charge is 0.396 e. The molecule has 13 heavy (non-hydrogen) atoms. The second-order valence-corrected chi connectivity index (χ2v) is 3.33. The third-order valence-electron chi connectivity index (χ3n) is 2.45. The molecule has 2 atom stereocenters. The van der Waals surface area contributed by atoms with E-state index in [0.29, 0.717) is 0 Å². The number of nitrogens with one attached hydrogen (secondary N) is 1. The molecule has 0 heterocycles. The summed E-state index contributed by atoms with van der Waals surface area (Å²) >= 11 is 0. The Kier molecular flexibility index (Phi) is 3.78. The molecule has 72 valence electrons. The first kappa shape index (κ1) is 10.1. The summed E-state index contributed by atoms with van der Waals surface area (Å²) in [7, 11) is 0. The fourth-order valence-corrected chi connectivity index (χ4v) is 1.76. The number of rotatable bonds is 2. The van der Waals surface area contributed by atoms with Gasteiger partial charge in [0.2, 0.25) is 0 Å². The highest BCUT2D eigenvalue weighted by Crippen LogP contribution is 2.24. The zero-order valence-corrected chi connectivity index (χ0v) is 7.84. The summed E-state index contributed by atoms with van der Waals surface area (Å²) in [5, 5.41) is 11.8. The molecule has 1 amide bonds. The minimum atomic E-state index is -0.229. The number of aliphatic hydroxyl groups excluding tert-OH is 1. The van der Waals surface area contributed by atoms with Gasteiger partial charge in [-0.3, -0.25) is 4.79 Å². The van der Waals surface area contributed by atoms with Crippen LogP contribution in [0.3, 0.4) is 0 Å². The van der Waals surface area contributed by atoms with Gasteiger partial charge in [-0.2, -0.15) is 0 Å². The Hall–Kier alpha value is -1.01. The van der Waals surface area contributed by atoms with Crippen molar-refractivity contribution in [2.45, 2.75) is 32.2 Å². The average molecular weight is 181 g/mol. The lowest BCUT2D eigenvalue weighted by Crippen LogP contribution is -2.37. The van der Waals surface area contributed by atoms with E-state index in [2.05, 4.69) is 17.2 Å². The molecule has 0 bridgehead atoms. The summed E-state index contributed by atoms with van der Waals surface area (Å²) in [6.07, 6.45) is 3.04. The fourth-order valence-electron chi connectivity index (χ4n) is 1.76. The van der Waals surface area contributed by atoms with Gasteiger partial charge in [0.15, 0.2) is 0 Å². The van der Waals surface area contributed by atoms with E-state index >= 15 is 0 Å². The van der Waals surface area contributed by atoms with E-state index in [1.165, 1.54) is 0 Å². The Labute approximate surface area is 78.5 Å². The van der Waals surface area contributed by atoms with Crippen molar-refractivity contribution in [1.29, 1.82) is 0 Å². The van der Waals surface area contributed by atoms with Crippen LogP contribution < -0.4 is 5.32 Å². The number of hydrogen-bond acceptors (Lipinski definition) is 2. The molecule has 0 aromatic heterocycles. The van der Waals surface area contributed by atoms with Crippen molar-refractivity contribution in [1.82, 2.24) is 5.32 Å². The van der Waals surface area contributed by atoms with Crippen LogP contribution in [0.4, 0.5) is 0 Å². The summed E-state index contributed by atoms with van der Waals surface area (Å²) < 4.78 is 0. The highest BCUT2D eigenvalue weighted by atomic mass is 16.3. The summed E-state index contributed by atoms with van der Waals surface area (Å²) in [6, 6.07) is 0.123. The molecule has 1 aliphatic carbocycles. The van der Waals surface area contributed by atoms with Gasteiger partial charge in [0.05, 0.1) is 0 Å². The van der Waals surface area contributed by atoms with Crippen molar-refractivity contribution >= 4 is 5.91 Å². The maximum absolute atomic E-state index is 11.1. The van der Waals surface area contributed by atoms with Gasteiger partial charge < -0.3 is 10.4 Å². The van der Waals surface area contributed by atoms with Crippen molar-refractivity contribution in [2.75, 3.05) is 6.61 Å². The average Bonchev–Trinajstić information content (AvgIpc) is 2.52. The van der Waals surface area contributed by atoms with Gasteiger partial charge in [-0.1, -0.05) is 12.3 Å². The third kappa shape index (κ3) is 2.74. The molecule has 0 aliphatic heterocycles. The van der Waals surface area contributed by atoms with E-state index in [4.69, 9.17) is 5.11 Å². The molecule has 0 saturated heterocycles. The van der Waals surface area contributed by atoms with Crippen LogP contribution in [-0.2, 0) is 4.79 Å². The minimum absolute atomic E-state index is 0.123. The standard InChI is InChI=1S/C10H15NO2/c1-2-4-10(13)11-9-6-3-5-8(9)7-12/h8-9,12H,3,5-7H2,1H3,(H,11,13). The predicted molar refractivity (Wildman–Crippen MR) is 49.8 cm³/mol. The molecule has 3 heteroatoms. The lowest BCUT2D eigenvalue weighted by atomic mass is 10.1. The van der Waals surface area contributed by atoms with Gasteiger partial charge in [0.25, 0.3) is 5.91 Å². The van der Waals surface area contributed by atoms with Crippen LogP contribution in [0.1, 0.15) is 26.2 Å². The Morgan fingerprint density at radius 3 is 3.00 bits per heavy atom. The number of aliphatic hydroxyl groups is 1. The van der Waals surface area contributed by atoms with Crippen LogP contribution in [0.5, 0.6) is 0 Å². The van der Waals surface area contributed by atoms with Crippen molar-refractivity contribution in [3.05, 3.63) is 0 Å². The zero-order valence-electron chi connectivity index (χ0n) is 7.84. The second kappa shape index (κ2) is 4.88. The van der Waals surface area contributed by atoms with Crippen molar-refractivity contribution in [3.8, 4) is 11.8 Å². The minimum Gasteiger partial charge on any atom is -0.396 e. The van der Waals surface area contributed by atoms with Crippen LogP contribution in [-0.4, -0.2) is 23.7 Å². The molecule has 1 rings (SSSR count). The van der Waals surface area contributed by atoms with E-state index < -0.39 is 0 Å². The lowest BCUT2D eigenvalue weighted by Gasteiger charge is -2.16. The van der Waals surface area contributed by atoms with E-state index in [9.17, 15) is 4.79 Å². The first-order chi connectivity index (χ1) is 6.27. The molecule has 1 saturated carbocycles. The zero-order chi connectivity index (χ0) is 9.68. The maximum Gasteiger partial charge on any atom is 0.296 e. The molecular weight excluding hydrogens is 166 g/mol. The van der Waals surface area contributed by atoms with Crippen LogP contribution >= 0.6 is 0 Å². The molecule has 1 aliphatic rings. The molecule has 2 N–H and O–H groups in total. The molecule has 1 fully saturated rings. The van der Waals surface area contributed by atoms with Crippen LogP contribution in [0, 0.1) is 17.8 Å². The normalized spacial score (nSPS) is 26.3. The molecule has 0 radical (unpaired) electrons. The lowest BCUT2D eigenvalue weighted by molar-refractivity contribution is -0.116. The fraction of sp³-hybridized carbons (Fsp3) is 0.700. The number of amides is 1. The van der Waals surface area contributed by atoms with Crippen LogP contribution in [0.25, 0.3) is 0 Å². The Morgan fingerprint density at radius 2 is 2.38 bits per heavy atom. The van der Waals surface area contributed by atoms with Gasteiger partial charge >= 0.3 is 0 Å². The number of carbonyl (C=O) groups is 1.